The lowest BCUT2D eigenvalue weighted by atomic mass is 9.73. The summed E-state index contributed by atoms with van der Waals surface area (Å²) in [6.45, 7) is 1.97. The fourth-order valence-corrected chi connectivity index (χ4v) is 4.70. The maximum atomic E-state index is 13.8. The van der Waals surface area contributed by atoms with E-state index in [0.717, 1.165) is 42.1 Å². The van der Waals surface area contributed by atoms with Crippen molar-refractivity contribution in [1.82, 2.24) is 4.98 Å². The topological polar surface area (TPSA) is 68.3 Å². The quantitative estimate of drug-likeness (QED) is 0.522. The van der Waals surface area contributed by atoms with E-state index in [2.05, 4.69) is 10.3 Å². The molecule has 1 atom stereocenters. The molecule has 1 aromatic heterocycles. The van der Waals surface area contributed by atoms with Crippen LogP contribution < -0.4 is 5.32 Å². The maximum absolute atomic E-state index is 13.8. The fraction of sp³-hybridized carbons (Fsp3) is 0.346. The van der Waals surface area contributed by atoms with E-state index in [9.17, 15) is 14.0 Å². The smallest absolute Gasteiger partial charge is 0.337 e. The number of nitrogens with zero attached hydrogens (tertiary/aromatic N) is 1. The highest BCUT2D eigenvalue weighted by Gasteiger charge is 2.30. The Kier molecular flexibility index (Phi) is 6.49. The first-order valence-corrected chi connectivity index (χ1v) is 11.0. The summed E-state index contributed by atoms with van der Waals surface area (Å²) in [5.74, 6) is -0.147. The first-order valence-electron chi connectivity index (χ1n) is 11.0. The fourth-order valence-electron chi connectivity index (χ4n) is 4.70. The average Bonchev–Trinajstić information content (AvgIpc) is 2.83. The molecule has 1 amide bonds. The van der Waals surface area contributed by atoms with Crippen molar-refractivity contribution < 1.29 is 18.7 Å². The Morgan fingerprint density at radius 1 is 1.06 bits per heavy atom. The van der Waals surface area contributed by atoms with Crippen molar-refractivity contribution >= 4 is 28.5 Å². The Morgan fingerprint density at radius 2 is 1.78 bits per heavy atom. The third kappa shape index (κ3) is 4.64. The number of rotatable bonds is 5. The average molecular weight is 435 g/mol. The number of aromatic nitrogens is 1. The Labute approximate surface area is 187 Å². The van der Waals surface area contributed by atoms with Gasteiger partial charge in [-0.25, -0.2) is 9.18 Å². The number of carbonyl (C=O) groups is 2. The number of anilines is 1. The van der Waals surface area contributed by atoms with Crippen LogP contribution in [-0.4, -0.2) is 24.0 Å². The summed E-state index contributed by atoms with van der Waals surface area (Å²) in [5, 5.41) is 3.84. The van der Waals surface area contributed by atoms with Gasteiger partial charge >= 0.3 is 5.97 Å². The minimum absolute atomic E-state index is 0.0179. The van der Waals surface area contributed by atoms with E-state index >= 15 is 0 Å². The summed E-state index contributed by atoms with van der Waals surface area (Å²) in [6, 6.07) is 13.4. The molecule has 1 fully saturated rings. The molecule has 1 unspecified atom stereocenters. The standard InChI is InChI=1S/C26H27FN2O3/c1-16(25(30)29-21-10-7-19(8-11-21)26(31)32-2)17-3-5-18(6-4-17)22-13-14-28-24-12-9-20(27)15-23(22)24/h7-18H,3-6H2,1-2H3,(H,29,30). The zero-order valence-electron chi connectivity index (χ0n) is 18.3. The highest BCUT2D eigenvalue weighted by atomic mass is 19.1. The molecule has 0 saturated heterocycles. The first kappa shape index (κ1) is 21.9. The second-order valence-electron chi connectivity index (χ2n) is 8.52. The molecule has 1 N–H and O–H groups in total. The van der Waals surface area contributed by atoms with Crippen LogP contribution in [0, 0.1) is 17.7 Å². The molecule has 5 nitrogen and oxygen atoms in total. The highest BCUT2D eigenvalue weighted by molar-refractivity contribution is 5.94. The van der Waals surface area contributed by atoms with Crippen LogP contribution in [0.1, 0.15) is 54.4 Å². The Hall–Kier alpha value is -3.28. The normalized spacial score (nSPS) is 19.3. The number of pyridine rings is 1. The Balaban J connectivity index is 1.37. The van der Waals surface area contributed by atoms with Crippen LogP contribution in [0.5, 0.6) is 0 Å². The van der Waals surface area contributed by atoms with E-state index in [1.807, 2.05) is 13.0 Å². The van der Waals surface area contributed by atoms with E-state index < -0.39 is 5.97 Å². The van der Waals surface area contributed by atoms with Crippen molar-refractivity contribution in [2.24, 2.45) is 11.8 Å². The number of hydrogen-bond acceptors (Lipinski definition) is 4. The third-order valence-electron chi connectivity index (χ3n) is 6.64. The molecule has 0 bridgehead atoms. The number of methoxy groups -OCH3 is 1. The monoisotopic (exact) mass is 434 g/mol. The maximum Gasteiger partial charge on any atom is 0.337 e. The molecule has 1 aliphatic carbocycles. The van der Waals surface area contributed by atoms with Crippen molar-refractivity contribution in [1.29, 1.82) is 0 Å². The summed E-state index contributed by atoms with van der Waals surface area (Å²) < 4.78 is 18.5. The number of hydrogen-bond donors (Lipinski definition) is 1. The van der Waals surface area contributed by atoms with Gasteiger partial charge in [0.25, 0.3) is 0 Å². The molecule has 166 valence electrons. The number of amides is 1. The van der Waals surface area contributed by atoms with Crippen molar-refractivity contribution in [3.63, 3.8) is 0 Å². The minimum Gasteiger partial charge on any atom is -0.465 e. The lowest BCUT2D eigenvalue weighted by molar-refractivity contribution is -0.121. The third-order valence-corrected chi connectivity index (χ3v) is 6.64. The molecule has 0 radical (unpaired) electrons. The van der Waals surface area contributed by atoms with Gasteiger partial charge in [0.1, 0.15) is 5.82 Å². The van der Waals surface area contributed by atoms with E-state index in [-0.39, 0.29) is 17.6 Å². The lowest BCUT2D eigenvalue weighted by Crippen LogP contribution is -2.29. The van der Waals surface area contributed by atoms with Gasteiger partial charge in [0.15, 0.2) is 0 Å². The van der Waals surface area contributed by atoms with Crippen molar-refractivity contribution in [2.45, 2.75) is 38.5 Å². The van der Waals surface area contributed by atoms with E-state index in [4.69, 9.17) is 4.74 Å². The van der Waals surface area contributed by atoms with Crippen molar-refractivity contribution in [3.8, 4) is 0 Å². The van der Waals surface area contributed by atoms with Gasteiger partial charge in [0, 0.05) is 23.2 Å². The highest BCUT2D eigenvalue weighted by Crippen LogP contribution is 2.41. The molecular formula is C26H27FN2O3. The number of esters is 1. The summed E-state index contributed by atoms with van der Waals surface area (Å²) >= 11 is 0. The van der Waals surface area contributed by atoms with Gasteiger partial charge in [-0.05, 0) is 91.6 Å². The zero-order valence-corrected chi connectivity index (χ0v) is 18.3. The van der Waals surface area contributed by atoms with Gasteiger partial charge in [-0.1, -0.05) is 6.92 Å². The van der Waals surface area contributed by atoms with Gasteiger partial charge < -0.3 is 10.1 Å². The molecule has 32 heavy (non-hydrogen) atoms. The molecule has 3 aromatic rings. The summed E-state index contributed by atoms with van der Waals surface area (Å²) in [6.07, 6.45) is 5.61. The Bertz CT molecular complexity index is 1120. The van der Waals surface area contributed by atoms with Crippen LogP contribution in [0.25, 0.3) is 10.9 Å². The van der Waals surface area contributed by atoms with Gasteiger partial charge in [-0.15, -0.1) is 0 Å². The second-order valence-corrected chi connectivity index (χ2v) is 8.52. The summed E-state index contributed by atoms with van der Waals surface area (Å²) in [5.41, 5.74) is 3.07. The molecule has 1 saturated carbocycles. The van der Waals surface area contributed by atoms with Gasteiger partial charge in [-0.2, -0.15) is 0 Å². The van der Waals surface area contributed by atoms with Crippen LogP contribution in [0.15, 0.2) is 54.7 Å². The number of ether oxygens (including phenoxy) is 1. The predicted octanol–water partition coefficient (Wildman–Crippen LogP) is 5.71. The Morgan fingerprint density at radius 3 is 2.47 bits per heavy atom. The predicted molar refractivity (Wildman–Crippen MR) is 122 cm³/mol. The number of benzene rings is 2. The van der Waals surface area contributed by atoms with Crippen LogP contribution in [0.2, 0.25) is 0 Å². The van der Waals surface area contributed by atoms with Crippen molar-refractivity contribution in [2.75, 3.05) is 12.4 Å². The van der Waals surface area contributed by atoms with E-state index in [1.54, 1.807) is 42.6 Å². The number of carbonyl (C=O) groups excluding carboxylic acids is 2. The van der Waals surface area contributed by atoms with E-state index in [0.29, 0.717) is 23.1 Å². The van der Waals surface area contributed by atoms with Gasteiger partial charge in [0.05, 0.1) is 18.2 Å². The zero-order chi connectivity index (χ0) is 22.7. The molecule has 4 rings (SSSR count). The van der Waals surface area contributed by atoms with Crippen LogP contribution in [-0.2, 0) is 9.53 Å². The molecule has 0 aliphatic heterocycles. The molecule has 0 spiro atoms. The molecule has 6 heteroatoms. The molecule has 1 aliphatic rings. The van der Waals surface area contributed by atoms with E-state index in [1.165, 1.54) is 13.2 Å². The molecule has 2 aromatic carbocycles. The van der Waals surface area contributed by atoms with Crippen molar-refractivity contribution in [3.05, 3.63) is 71.7 Å². The van der Waals surface area contributed by atoms with Crippen LogP contribution in [0.4, 0.5) is 10.1 Å². The number of fused-ring (bicyclic) bond motifs is 1. The number of nitrogens with one attached hydrogen (secondary N) is 1. The van der Waals surface area contributed by atoms with Gasteiger partial charge in [-0.3, -0.25) is 9.78 Å². The SMILES string of the molecule is COC(=O)c1ccc(NC(=O)C(C)C2CCC(c3ccnc4ccc(F)cc34)CC2)cc1. The van der Waals surface area contributed by atoms with Crippen LogP contribution in [0.3, 0.4) is 0 Å². The largest absolute Gasteiger partial charge is 0.465 e. The van der Waals surface area contributed by atoms with Crippen LogP contribution >= 0.6 is 0 Å². The second kappa shape index (κ2) is 9.47. The summed E-state index contributed by atoms with van der Waals surface area (Å²) in [7, 11) is 1.34. The lowest BCUT2D eigenvalue weighted by Gasteiger charge is -2.32. The molecular weight excluding hydrogens is 407 g/mol. The molecule has 1 heterocycles. The minimum atomic E-state index is -0.405. The summed E-state index contributed by atoms with van der Waals surface area (Å²) in [4.78, 5) is 28.7. The van der Waals surface area contributed by atoms with Gasteiger partial charge in [0.2, 0.25) is 5.91 Å². The number of halogens is 1. The first-order chi connectivity index (χ1) is 15.5.